The van der Waals surface area contributed by atoms with E-state index in [1.807, 2.05) is 0 Å². The molecule has 92 valence electrons. The van der Waals surface area contributed by atoms with Crippen LogP contribution in [0, 0.1) is 0 Å². The fourth-order valence-corrected chi connectivity index (χ4v) is 2.98. The van der Waals surface area contributed by atoms with E-state index in [0.29, 0.717) is 5.88 Å². The van der Waals surface area contributed by atoms with E-state index in [-0.39, 0.29) is 0 Å². The minimum atomic E-state index is 0.602. The number of nitrogens with zero attached hydrogens (tertiary/aromatic N) is 2. The highest BCUT2D eigenvalue weighted by molar-refractivity contribution is 6.19. The van der Waals surface area contributed by atoms with Gasteiger partial charge in [0.25, 0.3) is 0 Å². The molecule has 0 spiro atoms. The summed E-state index contributed by atoms with van der Waals surface area (Å²) in [5.74, 6) is 0.602. The molecule has 16 heavy (non-hydrogen) atoms. The van der Waals surface area contributed by atoms with Gasteiger partial charge in [-0.2, -0.15) is 0 Å². The Hall–Kier alpha value is -0.0500. The van der Waals surface area contributed by atoms with Crippen molar-refractivity contribution in [1.29, 1.82) is 0 Å². The van der Waals surface area contributed by atoms with E-state index < -0.39 is 0 Å². The third-order valence-corrected chi connectivity index (χ3v) is 4.17. The standard InChI is InChI=1S/C13H23ClN2/c1-12(9-14)10-15-8-5-13(11-15)16-6-3-2-4-7-16/h13H,1-11H2. The van der Waals surface area contributed by atoms with Crippen molar-refractivity contribution >= 4 is 11.6 Å². The summed E-state index contributed by atoms with van der Waals surface area (Å²) >= 11 is 5.78. The summed E-state index contributed by atoms with van der Waals surface area (Å²) in [4.78, 5) is 5.19. The highest BCUT2D eigenvalue weighted by Crippen LogP contribution is 2.20. The fraction of sp³-hybridized carbons (Fsp3) is 0.846. The van der Waals surface area contributed by atoms with Gasteiger partial charge in [0.1, 0.15) is 0 Å². The molecule has 1 atom stereocenters. The molecule has 0 aromatic rings. The summed E-state index contributed by atoms with van der Waals surface area (Å²) in [5, 5.41) is 0. The maximum absolute atomic E-state index is 5.78. The van der Waals surface area contributed by atoms with Crippen LogP contribution >= 0.6 is 11.6 Å². The largest absolute Gasteiger partial charge is 0.299 e. The molecule has 0 bridgehead atoms. The molecular formula is C13H23ClN2. The third-order valence-electron chi connectivity index (χ3n) is 3.79. The molecule has 2 saturated heterocycles. The molecule has 2 heterocycles. The summed E-state index contributed by atoms with van der Waals surface area (Å²) in [7, 11) is 0. The van der Waals surface area contributed by atoms with Gasteiger partial charge in [-0.25, -0.2) is 0 Å². The zero-order valence-corrected chi connectivity index (χ0v) is 10.9. The Balaban J connectivity index is 1.76. The van der Waals surface area contributed by atoms with Gasteiger partial charge in [0, 0.05) is 31.6 Å². The van der Waals surface area contributed by atoms with Crippen LogP contribution in [0.2, 0.25) is 0 Å². The van der Waals surface area contributed by atoms with Crippen molar-refractivity contribution < 1.29 is 0 Å². The maximum atomic E-state index is 5.78. The van der Waals surface area contributed by atoms with Crippen molar-refractivity contribution in [3.8, 4) is 0 Å². The molecule has 2 nitrogen and oxygen atoms in total. The molecule has 0 N–H and O–H groups in total. The van der Waals surface area contributed by atoms with Crippen molar-refractivity contribution in [1.82, 2.24) is 9.80 Å². The lowest BCUT2D eigenvalue weighted by Crippen LogP contribution is -2.41. The Morgan fingerprint density at radius 2 is 1.94 bits per heavy atom. The molecule has 0 aromatic carbocycles. The number of hydrogen-bond donors (Lipinski definition) is 0. The Morgan fingerprint density at radius 3 is 2.62 bits per heavy atom. The number of rotatable bonds is 4. The number of likely N-dealkylation sites (tertiary alicyclic amines) is 2. The summed E-state index contributed by atoms with van der Waals surface area (Å²) in [5.41, 5.74) is 1.15. The molecule has 2 fully saturated rings. The topological polar surface area (TPSA) is 6.48 Å². The van der Waals surface area contributed by atoms with Crippen molar-refractivity contribution in [2.45, 2.75) is 31.7 Å². The van der Waals surface area contributed by atoms with E-state index in [1.165, 1.54) is 51.9 Å². The first-order chi connectivity index (χ1) is 7.79. The average Bonchev–Trinajstić information content (AvgIpc) is 2.78. The molecule has 0 amide bonds. The molecule has 0 aromatic heterocycles. The van der Waals surface area contributed by atoms with E-state index in [2.05, 4.69) is 16.4 Å². The van der Waals surface area contributed by atoms with Gasteiger partial charge in [-0.3, -0.25) is 9.80 Å². The summed E-state index contributed by atoms with van der Waals surface area (Å²) in [6.07, 6.45) is 5.54. The van der Waals surface area contributed by atoms with E-state index in [4.69, 9.17) is 11.6 Å². The molecule has 0 aliphatic carbocycles. The van der Waals surface area contributed by atoms with Crippen LogP contribution in [0.25, 0.3) is 0 Å². The number of halogens is 1. The smallest absolute Gasteiger partial charge is 0.0443 e. The molecule has 2 rings (SSSR count). The van der Waals surface area contributed by atoms with Gasteiger partial charge in [0.05, 0.1) is 0 Å². The predicted octanol–water partition coefficient (Wildman–Crippen LogP) is 2.34. The van der Waals surface area contributed by atoms with Gasteiger partial charge in [-0.15, -0.1) is 11.6 Å². The van der Waals surface area contributed by atoms with E-state index in [1.54, 1.807) is 0 Å². The van der Waals surface area contributed by atoms with Crippen molar-refractivity contribution in [2.75, 3.05) is 38.6 Å². The van der Waals surface area contributed by atoms with E-state index in [9.17, 15) is 0 Å². The Bertz CT molecular complexity index is 236. The number of piperidine rings is 1. The van der Waals surface area contributed by atoms with Crippen molar-refractivity contribution in [2.24, 2.45) is 0 Å². The van der Waals surface area contributed by atoms with Crippen LogP contribution < -0.4 is 0 Å². The van der Waals surface area contributed by atoms with Crippen LogP contribution in [0.3, 0.4) is 0 Å². The lowest BCUT2D eigenvalue weighted by Gasteiger charge is -2.32. The third kappa shape index (κ3) is 3.22. The summed E-state index contributed by atoms with van der Waals surface area (Å²) in [6, 6.07) is 0.795. The van der Waals surface area contributed by atoms with Gasteiger partial charge in [0.2, 0.25) is 0 Å². The van der Waals surface area contributed by atoms with Gasteiger partial charge < -0.3 is 0 Å². The highest BCUT2D eigenvalue weighted by atomic mass is 35.5. The minimum absolute atomic E-state index is 0.602. The first-order valence-corrected chi connectivity index (χ1v) is 7.02. The molecule has 2 aliphatic rings. The molecule has 1 unspecified atom stereocenters. The van der Waals surface area contributed by atoms with E-state index in [0.717, 1.165) is 18.2 Å². The second-order valence-electron chi connectivity index (χ2n) is 5.16. The Kier molecular flexibility index (Phi) is 4.68. The van der Waals surface area contributed by atoms with Gasteiger partial charge in [-0.05, 0) is 37.9 Å². The van der Waals surface area contributed by atoms with Crippen molar-refractivity contribution in [3.63, 3.8) is 0 Å². The van der Waals surface area contributed by atoms with Crippen LogP contribution in [-0.4, -0.2) is 54.4 Å². The first kappa shape index (κ1) is 12.4. The zero-order valence-electron chi connectivity index (χ0n) is 10.1. The number of hydrogen-bond acceptors (Lipinski definition) is 2. The van der Waals surface area contributed by atoms with Crippen LogP contribution in [0.4, 0.5) is 0 Å². The molecule has 0 radical (unpaired) electrons. The Morgan fingerprint density at radius 1 is 1.19 bits per heavy atom. The van der Waals surface area contributed by atoms with Gasteiger partial charge >= 0.3 is 0 Å². The lowest BCUT2D eigenvalue weighted by molar-refractivity contribution is 0.163. The van der Waals surface area contributed by atoms with Crippen molar-refractivity contribution in [3.05, 3.63) is 12.2 Å². The van der Waals surface area contributed by atoms with Crippen LogP contribution in [0.1, 0.15) is 25.7 Å². The monoisotopic (exact) mass is 242 g/mol. The summed E-state index contributed by atoms with van der Waals surface area (Å²) in [6.45, 7) is 10.0. The lowest BCUT2D eigenvalue weighted by atomic mass is 10.1. The predicted molar refractivity (Wildman–Crippen MR) is 70.1 cm³/mol. The molecule has 0 saturated carbocycles. The summed E-state index contributed by atoms with van der Waals surface area (Å²) < 4.78 is 0. The van der Waals surface area contributed by atoms with Crippen LogP contribution in [-0.2, 0) is 0 Å². The first-order valence-electron chi connectivity index (χ1n) is 6.48. The van der Waals surface area contributed by atoms with E-state index >= 15 is 0 Å². The minimum Gasteiger partial charge on any atom is -0.299 e. The highest BCUT2D eigenvalue weighted by Gasteiger charge is 2.28. The maximum Gasteiger partial charge on any atom is 0.0443 e. The Labute approximate surface area is 104 Å². The molecule has 3 heteroatoms. The second kappa shape index (κ2) is 6.04. The zero-order chi connectivity index (χ0) is 11.4. The fourth-order valence-electron chi connectivity index (χ4n) is 2.90. The second-order valence-corrected chi connectivity index (χ2v) is 5.43. The average molecular weight is 243 g/mol. The van der Waals surface area contributed by atoms with Gasteiger partial charge in [-0.1, -0.05) is 13.0 Å². The molecule has 2 aliphatic heterocycles. The molecular weight excluding hydrogens is 220 g/mol. The number of alkyl halides is 1. The SMILES string of the molecule is C=C(CCl)CN1CCC(N2CCCCC2)C1. The van der Waals surface area contributed by atoms with Gasteiger partial charge in [0.15, 0.2) is 0 Å². The normalized spacial score (nSPS) is 28.4. The van der Waals surface area contributed by atoms with Crippen LogP contribution in [0.5, 0.6) is 0 Å². The van der Waals surface area contributed by atoms with Crippen LogP contribution in [0.15, 0.2) is 12.2 Å². The quantitative estimate of drug-likeness (QED) is 0.552.